The number of Topliss-reactive ketones (excluding diaryl/α,β-unsaturated/α-hetero) is 1. The fourth-order valence-corrected chi connectivity index (χ4v) is 5.55. The third kappa shape index (κ3) is 12.0. The molecule has 2 aromatic carbocycles. The van der Waals surface area contributed by atoms with Crippen LogP contribution in [0.2, 0.25) is 0 Å². The van der Waals surface area contributed by atoms with Crippen LogP contribution >= 0.6 is 0 Å². The number of amides is 3. The summed E-state index contributed by atoms with van der Waals surface area (Å²) in [6.45, 7) is 14.0. The number of nitrogens with one attached hydrogen (secondary N) is 4. The first-order chi connectivity index (χ1) is 21.8. The largest absolute Gasteiger partial charge is 0.361 e. The lowest BCUT2D eigenvalue weighted by molar-refractivity contribution is -0.134. The minimum atomic E-state index is -0.959. The zero-order valence-corrected chi connectivity index (χ0v) is 28.6. The average molecular weight is 635 g/mol. The van der Waals surface area contributed by atoms with Crippen LogP contribution in [0.3, 0.4) is 0 Å². The minimum absolute atomic E-state index is 0.0626. The predicted molar refractivity (Wildman–Crippen MR) is 181 cm³/mol. The monoisotopic (exact) mass is 634 g/mol. The van der Waals surface area contributed by atoms with Gasteiger partial charge in [-0.1, -0.05) is 102 Å². The van der Waals surface area contributed by atoms with Crippen molar-refractivity contribution in [2.75, 3.05) is 6.61 Å². The Hall–Kier alpha value is -3.56. The molecule has 46 heavy (non-hydrogen) atoms. The average Bonchev–Trinajstić information content (AvgIpc) is 3.76. The SMILES string of the molecule is CC(C)CC(NC(=O)[C@H](CCc1ccccc1)NC(C)C)C(=O)N[C@@H](Cc1ccccc1)C(=O)NC(CC(C)C)C(=O)[C@@]1(C)CO1. The number of carbonyl (C=O) groups excluding carboxylic acids is 4. The molecule has 9 heteroatoms. The molecular weight excluding hydrogens is 580 g/mol. The predicted octanol–water partition coefficient (Wildman–Crippen LogP) is 4.13. The highest BCUT2D eigenvalue weighted by Crippen LogP contribution is 2.29. The van der Waals surface area contributed by atoms with Gasteiger partial charge in [0.2, 0.25) is 17.7 Å². The van der Waals surface area contributed by atoms with Gasteiger partial charge in [-0.15, -0.1) is 0 Å². The van der Waals surface area contributed by atoms with Crippen molar-refractivity contribution < 1.29 is 23.9 Å². The van der Waals surface area contributed by atoms with E-state index in [4.69, 9.17) is 4.74 Å². The number of aryl methyl sites for hydroxylation is 1. The molecule has 2 unspecified atom stereocenters. The van der Waals surface area contributed by atoms with Crippen LogP contribution in [-0.4, -0.2) is 65.9 Å². The van der Waals surface area contributed by atoms with Gasteiger partial charge in [-0.2, -0.15) is 0 Å². The summed E-state index contributed by atoms with van der Waals surface area (Å²) < 4.78 is 5.40. The molecular formula is C37H54N4O5. The van der Waals surface area contributed by atoms with Crippen LogP contribution in [0.5, 0.6) is 0 Å². The summed E-state index contributed by atoms with van der Waals surface area (Å²) in [5.41, 5.74) is 1.10. The van der Waals surface area contributed by atoms with Gasteiger partial charge in [0.1, 0.15) is 17.7 Å². The lowest BCUT2D eigenvalue weighted by atomic mass is 9.93. The molecule has 0 aromatic heterocycles. The molecule has 1 fully saturated rings. The zero-order chi connectivity index (χ0) is 33.9. The second-order valence-corrected chi connectivity index (χ2v) is 13.9. The van der Waals surface area contributed by atoms with Crippen LogP contribution in [0.4, 0.5) is 0 Å². The lowest BCUT2D eigenvalue weighted by Crippen LogP contribution is -2.59. The van der Waals surface area contributed by atoms with Gasteiger partial charge in [0.15, 0.2) is 5.78 Å². The zero-order valence-electron chi connectivity index (χ0n) is 28.6. The van der Waals surface area contributed by atoms with Crippen molar-refractivity contribution in [3.63, 3.8) is 0 Å². The summed E-state index contributed by atoms with van der Waals surface area (Å²) in [5, 5.41) is 12.2. The van der Waals surface area contributed by atoms with Crippen molar-refractivity contribution in [1.82, 2.24) is 21.3 Å². The molecule has 1 saturated heterocycles. The quantitative estimate of drug-likeness (QED) is 0.172. The van der Waals surface area contributed by atoms with Crippen molar-refractivity contribution in [2.45, 2.75) is 116 Å². The summed E-state index contributed by atoms with van der Waals surface area (Å²) in [6.07, 6.45) is 2.35. The molecule has 0 aliphatic carbocycles. The molecule has 9 nitrogen and oxygen atoms in total. The Bertz CT molecular complexity index is 1280. The van der Waals surface area contributed by atoms with E-state index in [1.165, 1.54) is 0 Å². The van der Waals surface area contributed by atoms with Crippen LogP contribution in [0.1, 0.15) is 78.9 Å². The summed E-state index contributed by atoms with van der Waals surface area (Å²) in [4.78, 5) is 54.6. The first-order valence-electron chi connectivity index (χ1n) is 16.7. The number of rotatable bonds is 19. The topological polar surface area (TPSA) is 129 Å². The Morgan fingerprint density at radius 2 is 1.13 bits per heavy atom. The second-order valence-electron chi connectivity index (χ2n) is 13.9. The Morgan fingerprint density at radius 1 is 0.674 bits per heavy atom. The molecule has 4 N–H and O–H groups in total. The fourth-order valence-electron chi connectivity index (χ4n) is 5.55. The van der Waals surface area contributed by atoms with Gasteiger partial charge in [-0.05, 0) is 55.6 Å². The Labute approximate surface area is 275 Å². The maximum atomic E-state index is 13.9. The summed E-state index contributed by atoms with van der Waals surface area (Å²) in [7, 11) is 0. The highest BCUT2D eigenvalue weighted by Gasteiger charge is 2.50. The van der Waals surface area contributed by atoms with E-state index in [1.807, 2.05) is 102 Å². The maximum absolute atomic E-state index is 13.9. The van der Waals surface area contributed by atoms with Crippen LogP contribution in [0, 0.1) is 11.8 Å². The number of carbonyl (C=O) groups is 4. The Balaban J connectivity index is 1.79. The van der Waals surface area contributed by atoms with Gasteiger partial charge in [0.05, 0.1) is 18.7 Å². The van der Waals surface area contributed by atoms with Crippen molar-refractivity contribution in [1.29, 1.82) is 0 Å². The van der Waals surface area contributed by atoms with Crippen molar-refractivity contribution >= 4 is 23.5 Å². The molecule has 0 radical (unpaired) electrons. The fraction of sp³-hybridized carbons (Fsp3) is 0.568. The molecule has 3 amide bonds. The molecule has 3 rings (SSSR count). The van der Waals surface area contributed by atoms with E-state index in [2.05, 4.69) is 21.3 Å². The smallest absolute Gasteiger partial charge is 0.243 e. The van der Waals surface area contributed by atoms with Crippen LogP contribution in [0.25, 0.3) is 0 Å². The molecule has 1 aliphatic rings. The molecule has 252 valence electrons. The summed E-state index contributed by atoms with van der Waals surface area (Å²) in [5.74, 6) is -1.05. The number of epoxide rings is 1. The lowest BCUT2D eigenvalue weighted by Gasteiger charge is -2.28. The third-order valence-electron chi connectivity index (χ3n) is 8.11. The molecule has 0 bridgehead atoms. The number of benzene rings is 2. The minimum Gasteiger partial charge on any atom is -0.361 e. The van der Waals surface area contributed by atoms with E-state index >= 15 is 0 Å². The van der Waals surface area contributed by atoms with Gasteiger partial charge in [-0.3, -0.25) is 19.2 Å². The maximum Gasteiger partial charge on any atom is 0.243 e. The van der Waals surface area contributed by atoms with Crippen LogP contribution in [-0.2, 0) is 36.8 Å². The van der Waals surface area contributed by atoms with E-state index in [9.17, 15) is 19.2 Å². The molecule has 1 heterocycles. The van der Waals surface area contributed by atoms with E-state index < -0.39 is 41.6 Å². The summed E-state index contributed by atoms with van der Waals surface area (Å²) in [6, 6.07) is 16.4. The van der Waals surface area contributed by atoms with Gasteiger partial charge in [0, 0.05) is 12.5 Å². The second kappa shape index (κ2) is 17.4. The first kappa shape index (κ1) is 36.9. The van der Waals surface area contributed by atoms with E-state index in [-0.39, 0.29) is 36.0 Å². The number of ether oxygens (including phenoxy) is 1. The van der Waals surface area contributed by atoms with Crippen molar-refractivity contribution in [3.05, 3.63) is 71.8 Å². The van der Waals surface area contributed by atoms with Crippen LogP contribution in [0.15, 0.2) is 60.7 Å². The van der Waals surface area contributed by atoms with Crippen molar-refractivity contribution in [3.8, 4) is 0 Å². The molecule has 0 spiro atoms. The normalized spacial score (nSPS) is 18.5. The Morgan fingerprint density at radius 3 is 1.65 bits per heavy atom. The number of hydrogen-bond acceptors (Lipinski definition) is 6. The Kier molecular flexibility index (Phi) is 13.9. The molecule has 2 aromatic rings. The molecule has 1 aliphatic heterocycles. The third-order valence-corrected chi connectivity index (χ3v) is 8.11. The van der Waals surface area contributed by atoms with Gasteiger partial charge < -0.3 is 26.0 Å². The highest BCUT2D eigenvalue weighted by molar-refractivity contribution is 5.98. The van der Waals surface area contributed by atoms with Crippen LogP contribution < -0.4 is 21.3 Å². The summed E-state index contributed by atoms with van der Waals surface area (Å²) >= 11 is 0. The highest BCUT2D eigenvalue weighted by atomic mass is 16.6. The van der Waals surface area contributed by atoms with E-state index in [0.29, 0.717) is 32.3 Å². The van der Waals surface area contributed by atoms with E-state index in [0.717, 1.165) is 11.1 Å². The first-order valence-corrected chi connectivity index (χ1v) is 16.7. The molecule has 5 atom stereocenters. The van der Waals surface area contributed by atoms with E-state index in [1.54, 1.807) is 6.92 Å². The van der Waals surface area contributed by atoms with Gasteiger partial charge in [0.25, 0.3) is 0 Å². The van der Waals surface area contributed by atoms with Gasteiger partial charge in [-0.25, -0.2) is 0 Å². The number of ketones is 1. The number of hydrogen-bond donors (Lipinski definition) is 4. The van der Waals surface area contributed by atoms with Gasteiger partial charge >= 0.3 is 0 Å². The van der Waals surface area contributed by atoms with Crippen molar-refractivity contribution in [2.24, 2.45) is 11.8 Å². The standard InChI is InChI=1S/C37H54N4O5/c1-24(2)20-30(33(42)37(7)23-46-37)39-36(45)32(22-28-16-12-9-13-17-28)41-35(44)31(21-25(3)4)40-34(43)29(38-26(5)6)19-18-27-14-10-8-11-15-27/h8-17,24-26,29-32,38H,18-23H2,1-7H3,(H,39,45)(H,40,43)(H,41,44)/t29-,30?,31?,32-,37+/m0/s1. The molecule has 0 saturated carbocycles.